The molecule has 1 N–H and O–H groups in total. The van der Waals surface area contributed by atoms with E-state index in [-0.39, 0.29) is 10.8 Å². The van der Waals surface area contributed by atoms with E-state index in [2.05, 4.69) is 20.7 Å². The summed E-state index contributed by atoms with van der Waals surface area (Å²) < 4.78 is 29.1. The van der Waals surface area contributed by atoms with E-state index < -0.39 is 10.0 Å². The molecule has 0 saturated carbocycles. The predicted octanol–water partition coefficient (Wildman–Crippen LogP) is 3.78. The number of fused-ring (bicyclic) bond motifs is 1. The van der Waals surface area contributed by atoms with Crippen molar-refractivity contribution < 1.29 is 13.2 Å². The van der Waals surface area contributed by atoms with E-state index >= 15 is 0 Å². The summed E-state index contributed by atoms with van der Waals surface area (Å²) in [5.41, 5.74) is 4.10. The predicted molar refractivity (Wildman–Crippen MR) is 103 cm³/mol. The number of carbonyl (C=O) groups excluding carboxylic acids is 1. The van der Waals surface area contributed by atoms with Gasteiger partial charge in [-0.2, -0.15) is 0 Å². The Bertz CT molecular complexity index is 971. The van der Waals surface area contributed by atoms with Gasteiger partial charge in [0.05, 0.1) is 10.6 Å². The molecule has 1 amide bonds. The van der Waals surface area contributed by atoms with E-state index in [4.69, 9.17) is 0 Å². The molecule has 0 radical (unpaired) electrons. The minimum Gasteiger partial charge on any atom is -0.312 e. The summed E-state index contributed by atoms with van der Waals surface area (Å²) in [5.74, 6) is -0.0338. The Kier molecular flexibility index (Phi) is 4.64. The minimum absolute atomic E-state index is 0.0338. The SMILES string of the molecule is CC(=O)N1CCc2cc(S(=O)(=O)Nc3ccc(Br)c(C)c3C)ccc21. The number of amides is 1. The largest absolute Gasteiger partial charge is 0.312 e. The maximum atomic E-state index is 12.8. The van der Waals surface area contributed by atoms with E-state index in [9.17, 15) is 13.2 Å². The van der Waals surface area contributed by atoms with E-state index in [1.54, 1.807) is 29.2 Å². The number of carbonyl (C=O) groups is 1. The van der Waals surface area contributed by atoms with E-state index in [0.717, 1.165) is 26.9 Å². The molecule has 1 heterocycles. The average Bonchev–Trinajstić information content (AvgIpc) is 2.99. The number of halogens is 1. The van der Waals surface area contributed by atoms with Crippen LogP contribution in [0.25, 0.3) is 0 Å². The fourth-order valence-electron chi connectivity index (χ4n) is 2.97. The molecular formula is C18H19BrN2O3S. The van der Waals surface area contributed by atoms with Gasteiger partial charge in [-0.3, -0.25) is 9.52 Å². The maximum absolute atomic E-state index is 12.8. The molecule has 0 spiro atoms. The van der Waals surface area contributed by atoms with Gasteiger partial charge in [0.15, 0.2) is 0 Å². The first-order valence-corrected chi connectivity index (χ1v) is 10.2. The standard InChI is InChI=1S/C18H19BrN2O3S/c1-11-12(2)17(6-5-16(11)19)20-25(23,24)15-4-7-18-14(10-15)8-9-21(18)13(3)22/h4-7,10,20H,8-9H2,1-3H3. The lowest BCUT2D eigenvalue weighted by Gasteiger charge is -2.16. The summed E-state index contributed by atoms with van der Waals surface area (Å²) in [6.45, 7) is 5.92. The summed E-state index contributed by atoms with van der Waals surface area (Å²) >= 11 is 3.45. The fraction of sp³-hybridized carbons (Fsp3) is 0.278. The van der Waals surface area contributed by atoms with Gasteiger partial charge in [-0.1, -0.05) is 15.9 Å². The number of benzene rings is 2. The molecule has 5 nitrogen and oxygen atoms in total. The first-order chi connectivity index (χ1) is 11.7. The molecule has 0 aliphatic carbocycles. The van der Waals surface area contributed by atoms with Crippen LogP contribution in [0.2, 0.25) is 0 Å². The lowest BCUT2D eigenvalue weighted by molar-refractivity contribution is -0.116. The molecule has 1 aliphatic rings. The Morgan fingerprint density at radius 3 is 2.56 bits per heavy atom. The second-order valence-electron chi connectivity index (χ2n) is 6.16. The van der Waals surface area contributed by atoms with Crippen molar-refractivity contribution >= 4 is 43.2 Å². The highest BCUT2D eigenvalue weighted by atomic mass is 79.9. The van der Waals surface area contributed by atoms with Gasteiger partial charge in [-0.15, -0.1) is 0 Å². The molecule has 0 saturated heterocycles. The first kappa shape index (κ1) is 17.9. The van der Waals surface area contributed by atoms with Gasteiger partial charge in [0.25, 0.3) is 10.0 Å². The number of nitrogens with zero attached hydrogens (tertiary/aromatic N) is 1. The molecule has 0 aromatic heterocycles. The Hall–Kier alpha value is -1.86. The van der Waals surface area contributed by atoms with Crippen molar-refractivity contribution in [3.8, 4) is 0 Å². The lowest BCUT2D eigenvalue weighted by Crippen LogP contribution is -2.25. The molecule has 0 bridgehead atoms. The second-order valence-corrected chi connectivity index (χ2v) is 8.70. The zero-order chi connectivity index (χ0) is 18.4. The third kappa shape index (κ3) is 3.30. The third-order valence-electron chi connectivity index (χ3n) is 4.60. The van der Waals surface area contributed by atoms with E-state index in [0.29, 0.717) is 18.7 Å². The summed E-state index contributed by atoms with van der Waals surface area (Å²) in [7, 11) is -3.69. The molecule has 3 rings (SSSR count). The van der Waals surface area contributed by atoms with Crippen molar-refractivity contribution in [2.45, 2.75) is 32.1 Å². The summed E-state index contributed by atoms with van der Waals surface area (Å²) in [4.78, 5) is 13.5. The number of rotatable bonds is 3. The Morgan fingerprint density at radius 2 is 1.88 bits per heavy atom. The quantitative estimate of drug-likeness (QED) is 0.817. The van der Waals surface area contributed by atoms with Crippen LogP contribution in [0.1, 0.15) is 23.6 Å². The topological polar surface area (TPSA) is 66.5 Å². The van der Waals surface area contributed by atoms with Crippen LogP contribution >= 0.6 is 15.9 Å². The molecule has 2 aromatic rings. The summed E-state index contributed by atoms with van der Waals surface area (Å²) in [6.07, 6.45) is 0.661. The lowest BCUT2D eigenvalue weighted by atomic mass is 10.1. The molecule has 1 aliphatic heterocycles. The number of hydrogen-bond acceptors (Lipinski definition) is 3. The van der Waals surface area contributed by atoms with Crippen molar-refractivity contribution in [3.05, 3.63) is 51.5 Å². The highest BCUT2D eigenvalue weighted by Gasteiger charge is 2.25. The average molecular weight is 423 g/mol. The van der Waals surface area contributed by atoms with Crippen molar-refractivity contribution in [2.75, 3.05) is 16.2 Å². The first-order valence-electron chi connectivity index (χ1n) is 7.90. The fourth-order valence-corrected chi connectivity index (χ4v) is 4.58. The van der Waals surface area contributed by atoms with Crippen LogP contribution in [0.4, 0.5) is 11.4 Å². The van der Waals surface area contributed by atoms with Gasteiger partial charge in [-0.25, -0.2) is 8.42 Å². The molecule has 0 atom stereocenters. The van der Waals surface area contributed by atoms with Crippen LogP contribution in [0.5, 0.6) is 0 Å². The Morgan fingerprint density at radius 1 is 1.16 bits per heavy atom. The van der Waals surface area contributed by atoms with Gasteiger partial charge in [0, 0.05) is 23.6 Å². The molecule has 0 fully saturated rings. The van der Waals surface area contributed by atoms with Gasteiger partial charge in [0.2, 0.25) is 5.91 Å². The van der Waals surface area contributed by atoms with Crippen molar-refractivity contribution in [3.63, 3.8) is 0 Å². The van der Waals surface area contributed by atoms with Gasteiger partial charge in [0.1, 0.15) is 0 Å². The highest BCUT2D eigenvalue weighted by molar-refractivity contribution is 9.10. The van der Waals surface area contributed by atoms with Crippen LogP contribution in [-0.4, -0.2) is 20.9 Å². The van der Waals surface area contributed by atoms with Crippen LogP contribution in [0.15, 0.2) is 39.7 Å². The maximum Gasteiger partial charge on any atom is 0.261 e. The number of nitrogens with one attached hydrogen (secondary N) is 1. The number of hydrogen-bond donors (Lipinski definition) is 1. The third-order valence-corrected chi connectivity index (χ3v) is 6.82. The number of anilines is 2. The van der Waals surface area contributed by atoms with Crippen LogP contribution < -0.4 is 9.62 Å². The Labute approximate surface area is 156 Å². The van der Waals surface area contributed by atoms with Crippen molar-refractivity contribution in [2.24, 2.45) is 0 Å². The van der Waals surface area contributed by atoms with Gasteiger partial charge in [-0.05, 0) is 67.3 Å². The normalized spacial score (nSPS) is 13.7. The van der Waals surface area contributed by atoms with Gasteiger partial charge < -0.3 is 4.90 Å². The molecule has 0 unspecified atom stereocenters. The monoisotopic (exact) mass is 422 g/mol. The summed E-state index contributed by atoms with van der Waals surface area (Å²) in [5, 5.41) is 0. The van der Waals surface area contributed by atoms with Crippen LogP contribution in [-0.2, 0) is 21.2 Å². The molecule has 7 heteroatoms. The zero-order valence-corrected chi connectivity index (χ0v) is 16.7. The van der Waals surface area contributed by atoms with Crippen LogP contribution in [0, 0.1) is 13.8 Å². The van der Waals surface area contributed by atoms with Gasteiger partial charge >= 0.3 is 0 Å². The number of sulfonamides is 1. The Balaban J connectivity index is 1.94. The zero-order valence-electron chi connectivity index (χ0n) is 14.3. The highest BCUT2D eigenvalue weighted by Crippen LogP contribution is 2.32. The smallest absolute Gasteiger partial charge is 0.261 e. The molecule has 2 aromatic carbocycles. The van der Waals surface area contributed by atoms with E-state index in [1.165, 1.54) is 6.92 Å². The summed E-state index contributed by atoms with van der Waals surface area (Å²) in [6, 6.07) is 8.48. The molecule has 132 valence electrons. The molecule has 25 heavy (non-hydrogen) atoms. The van der Waals surface area contributed by atoms with E-state index in [1.807, 2.05) is 19.9 Å². The van der Waals surface area contributed by atoms with Crippen LogP contribution in [0.3, 0.4) is 0 Å². The molecular weight excluding hydrogens is 404 g/mol. The van der Waals surface area contributed by atoms with Crippen molar-refractivity contribution in [1.82, 2.24) is 0 Å². The van der Waals surface area contributed by atoms with Crippen molar-refractivity contribution in [1.29, 1.82) is 0 Å². The minimum atomic E-state index is -3.69. The second kappa shape index (κ2) is 6.46.